The highest BCUT2D eigenvalue weighted by molar-refractivity contribution is 5.79. The zero-order valence-corrected chi connectivity index (χ0v) is 16.3. The van der Waals surface area contributed by atoms with Crippen LogP contribution in [0.1, 0.15) is 31.9 Å². The SMILES string of the molecule is COc1ccccc1N1CCN(/N=C/c2ccc(C(C)(C)C)cc2)CC1. The summed E-state index contributed by atoms with van der Waals surface area (Å²) in [5.74, 6) is 0.934. The molecule has 0 aliphatic carbocycles. The number of nitrogens with zero attached hydrogens (tertiary/aromatic N) is 3. The Kier molecular flexibility index (Phi) is 5.50. The van der Waals surface area contributed by atoms with Crippen LogP contribution in [0, 0.1) is 0 Å². The molecule has 1 aliphatic heterocycles. The molecule has 4 heteroatoms. The number of benzene rings is 2. The number of ether oxygens (including phenoxy) is 1. The van der Waals surface area contributed by atoms with Crippen LogP contribution in [0.3, 0.4) is 0 Å². The first-order valence-corrected chi connectivity index (χ1v) is 9.25. The second-order valence-corrected chi connectivity index (χ2v) is 7.73. The highest BCUT2D eigenvalue weighted by atomic mass is 16.5. The molecule has 1 aliphatic rings. The minimum Gasteiger partial charge on any atom is -0.495 e. The Labute approximate surface area is 157 Å². The third-order valence-corrected chi connectivity index (χ3v) is 4.83. The van der Waals surface area contributed by atoms with Gasteiger partial charge in [0.1, 0.15) is 5.75 Å². The van der Waals surface area contributed by atoms with E-state index >= 15 is 0 Å². The topological polar surface area (TPSA) is 28.1 Å². The van der Waals surface area contributed by atoms with Crippen LogP contribution in [-0.2, 0) is 5.41 Å². The van der Waals surface area contributed by atoms with E-state index in [2.05, 4.69) is 72.2 Å². The number of anilines is 1. The monoisotopic (exact) mass is 351 g/mol. The molecule has 0 unspecified atom stereocenters. The van der Waals surface area contributed by atoms with Gasteiger partial charge in [0, 0.05) is 13.1 Å². The molecule has 1 heterocycles. The molecular weight excluding hydrogens is 322 g/mol. The summed E-state index contributed by atoms with van der Waals surface area (Å²) in [6.45, 7) is 10.4. The van der Waals surface area contributed by atoms with Crippen molar-refractivity contribution in [3.63, 3.8) is 0 Å². The van der Waals surface area contributed by atoms with E-state index in [0.29, 0.717) is 0 Å². The standard InChI is InChI=1S/C22H29N3O/c1-22(2,3)19-11-9-18(10-12-19)17-23-25-15-13-24(14-16-25)20-7-5-6-8-21(20)26-4/h5-12,17H,13-16H2,1-4H3/b23-17+. The van der Waals surface area contributed by atoms with Crippen LogP contribution in [-0.4, -0.2) is 44.5 Å². The summed E-state index contributed by atoms with van der Waals surface area (Å²) < 4.78 is 5.48. The van der Waals surface area contributed by atoms with Gasteiger partial charge in [-0.3, -0.25) is 5.01 Å². The molecule has 0 bridgehead atoms. The lowest BCUT2D eigenvalue weighted by Gasteiger charge is -2.35. The van der Waals surface area contributed by atoms with Crippen molar-refractivity contribution in [2.75, 3.05) is 38.2 Å². The Balaban J connectivity index is 1.58. The van der Waals surface area contributed by atoms with Gasteiger partial charge in [0.2, 0.25) is 0 Å². The molecule has 1 fully saturated rings. The molecule has 4 nitrogen and oxygen atoms in total. The van der Waals surface area contributed by atoms with Crippen LogP contribution >= 0.6 is 0 Å². The Morgan fingerprint density at radius 1 is 0.923 bits per heavy atom. The van der Waals surface area contributed by atoms with E-state index in [1.807, 2.05) is 18.3 Å². The number of hydrogen-bond donors (Lipinski definition) is 0. The fourth-order valence-corrected chi connectivity index (χ4v) is 3.16. The van der Waals surface area contributed by atoms with Crippen molar-refractivity contribution < 1.29 is 4.74 Å². The fourth-order valence-electron chi connectivity index (χ4n) is 3.16. The number of methoxy groups -OCH3 is 1. The highest BCUT2D eigenvalue weighted by Gasteiger charge is 2.18. The van der Waals surface area contributed by atoms with Crippen LogP contribution < -0.4 is 9.64 Å². The van der Waals surface area contributed by atoms with Crippen LogP contribution in [0.5, 0.6) is 5.75 Å². The van der Waals surface area contributed by atoms with Gasteiger partial charge in [-0.1, -0.05) is 57.2 Å². The van der Waals surface area contributed by atoms with Gasteiger partial charge in [0.05, 0.1) is 32.1 Å². The van der Waals surface area contributed by atoms with Crippen LogP contribution in [0.2, 0.25) is 0 Å². The average molecular weight is 351 g/mol. The maximum atomic E-state index is 5.48. The molecule has 2 aromatic carbocycles. The van der Waals surface area contributed by atoms with Crippen molar-refractivity contribution in [1.82, 2.24) is 5.01 Å². The van der Waals surface area contributed by atoms with Crippen molar-refractivity contribution in [3.05, 3.63) is 59.7 Å². The Morgan fingerprint density at radius 3 is 2.19 bits per heavy atom. The second-order valence-electron chi connectivity index (χ2n) is 7.73. The first kappa shape index (κ1) is 18.3. The average Bonchev–Trinajstić information content (AvgIpc) is 2.66. The number of hydrogen-bond acceptors (Lipinski definition) is 4. The minimum atomic E-state index is 0.185. The molecule has 0 amide bonds. The predicted molar refractivity (Wildman–Crippen MR) is 110 cm³/mol. The van der Waals surface area contributed by atoms with Gasteiger partial charge in [0.15, 0.2) is 0 Å². The van der Waals surface area contributed by atoms with Gasteiger partial charge in [-0.05, 0) is 28.7 Å². The number of para-hydroxylation sites is 2. The van der Waals surface area contributed by atoms with Gasteiger partial charge in [-0.25, -0.2) is 0 Å². The first-order chi connectivity index (χ1) is 12.5. The third kappa shape index (κ3) is 4.37. The smallest absolute Gasteiger partial charge is 0.142 e. The van der Waals surface area contributed by atoms with Gasteiger partial charge < -0.3 is 9.64 Å². The predicted octanol–water partition coefficient (Wildman–Crippen LogP) is 4.15. The third-order valence-electron chi connectivity index (χ3n) is 4.83. The quantitative estimate of drug-likeness (QED) is 0.775. The van der Waals surface area contributed by atoms with Crippen LogP contribution in [0.25, 0.3) is 0 Å². The van der Waals surface area contributed by atoms with Gasteiger partial charge in [0.25, 0.3) is 0 Å². The summed E-state index contributed by atoms with van der Waals surface area (Å²) >= 11 is 0. The van der Waals surface area contributed by atoms with E-state index in [-0.39, 0.29) is 5.41 Å². The maximum Gasteiger partial charge on any atom is 0.142 e. The molecule has 0 atom stereocenters. The van der Waals surface area contributed by atoms with E-state index in [1.165, 1.54) is 5.56 Å². The zero-order valence-electron chi connectivity index (χ0n) is 16.3. The number of piperazine rings is 1. The van der Waals surface area contributed by atoms with Gasteiger partial charge in [-0.15, -0.1) is 0 Å². The van der Waals surface area contributed by atoms with Gasteiger partial charge in [-0.2, -0.15) is 5.10 Å². The second kappa shape index (κ2) is 7.81. The molecule has 138 valence electrons. The molecule has 2 aromatic rings. The summed E-state index contributed by atoms with van der Waals surface area (Å²) in [7, 11) is 1.73. The Bertz CT molecular complexity index is 739. The van der Waals surface area contributed by atoms with E-state index in [1.54, 1.807) is 7.11 Å². The van der Waals surface area contributed by atoms with E-state index in [9.17, 15) is 0 Å². The van der Waals surface area contributed by atoms with Crippen LogP contribution in [0.15, 0.2) is 53.6 Å². The number of hydrazone groups is 1. The van der Waals surface area contributed by atoms with Crippen molar-refractivity contribution >= 4 is 11.9 Å². The largest absolute Gasteiger partial charge is 0.495 e. The van der Waals surface area contributed by atoms with Crippen molar-refractivity contribution in [2.24, 2.45) is 5.10 Å². The van der Waals surface area contributed by atoms with Crippen molar-refractivity contribution in [2.45, 2.75) is 26.2 Å². The zero-order chi connectivity index (χ0) is 18.6. The molecule has 3 rings (SSSR count). The van der Waals surface area contributed by atoms with E-state index in [0.717, 1.165) is 43.2 Å². The lowest BCUT2D eigenvalue weighted by molar-refractivity contribution is 0.271. The molecule has 0 saturated carbocycles. The van der Waals surface area contributed by atoms with Crippen molar-refractivity contribution in [1.29, 1.82) is 0 Å². The molecule has 0 spiro atoms. The van der Waals surface area contributed by atoms with E-state index < -0.39 is 0 Å². The molecule has 0 N–H and O–H groups in total. The lowest BCUT2D eigenvalue weighted by atomic mass is 9.87. The summed E-state index contributed by atoms with van der Waals surface area (Å²) in [5.41, 5.74) is 3.84. The molecule has 0 aromatic heterocycles. The summed E-state index contributed by atoms with van der Waals surface area (Å²) in [6.07, 6.45) is 1.96. The highest BCUT2D eigenvalue weighted by Crippen LogP contribution is 2.28. The number of rotatable bonds is 4. The fraction of sp³-hybridized carbons (Fsp3) is 0.409. The molecule has 26 heavy (non-hydrogen) atoms. The maximum absolute atomic E-state index is 5.48. The first-order valence-electron chi connectivity index (χ1n) is 9.25. The summed E-state index contributed by atoms with van der Waals surface area (Å²) in [4.78, 5) is 2.36. The van der Waals surface area contributed by atoms with Crippen LogP contribution in [0.4, 0.5) is 5.69 Å². The molecule has 0 radical (unpaired) electrons. The summed E-state index contributed by atoms with van der Waals surface area (Å²) in [6, 6.07) is 16.9. The molecular formula is C22H29N3O. The lowest BCUT2D eigenvalue weighted by Crippen LogP contribution is -2.44. The van der Waals surface area contributed by atoms with Crippen molar-refractivity contribution in [3.8, 4) is 5.75 Å². The molecule has 1 saturated heterocycles. The Hall–Kier alpha value is -2.49. The van der Waals surface area contributed by atoms with E-state index in [4.69, 9.17) is 4.74 Å². The Morgan fingerprint density at radius 2 is 1.58 bits per heavy atom. The normalized spacial score (nSPS) is 15.5. The summed E-state index contributed by atoms with van der Waals surface area (Å²) in [5, 5.41) is 6.81. The minimum absolute atomic E-state index is 0.185. The van der Waals surface area contributed by atoms with Gasteiger partial charge >= 0.3 is 0 Å².